The molecule has 0 fully saturated rings. The standard InChI is InChI=1S/C26H25BN6O/c1-19(21-10-8-20(14-28)9-11-21)15-30-27(24-6-4-3-5-7-24)26(34)32-25-13-12-22(16-29-25)23-17-31-33(2)18-23/h3-13,16-19,30H,15H2,1-2H3,(H,29,32,34)/t19-/m1/s1. The lowest BCUT2D eigenvalue weighted by molar-refractivity contribution is 0.267. The molecule has 0 aliphatic heterocycles. The molecule has 0 unspecified atom stereocenters. The Morgan fingerprint density at radius 2 is 1.82 bits per heavy atom. The molecule has 1 atom stereocenters. The van der Waals surface area contributed by atoms with Crippen molar-refractivity contribution < 1.29 is 4.79 Å². The van der Waals surface area contributed by atoms with Crippen LogP contribution >= 0.6 is 0 Å². The van der Waals surface area contributed by atoms with E-state index >= 15 is 0 Å². The lowest BCUT2D eigenvalue weighted by Crippen LogP contribution is -2.54. The van der Waals surface area contributed by atoms with Gasteiger partial charge in [-0.05, 0) is 42.3 Å². The Morgan fingerprint density at radius 1 is 1.06 bits per heavy atom. The Balaban J connectivity index is 1.46. The molecule has 2 aromatic carbocycles. The third-order valence-corrected chi connectivity index (χ3v) is 5.69. The second kappa shape index (κ2) is 10.6. The number of nitrogens with one attached hydrogen (secondary N) is 2. The number of anilines is 1. The van der Waals surface area contributed by atoms with E-state index in [0.717, 1.165) is 22.2 Å². The Bertz CT molecular complexity index is 1280. The number of amides is 1. The number of aromatic nitrogens is 3. The highest BCUT2D eigenvalue weighted by Crippen LogP contribution is 2.19. The second-order valence-electron chi connectivity index (χ2n) is 8.21. The van der Waals surface area contributed by atoms with Crippen LogP contribution < -0.4 is 16.0 Å². The average molecular weight is 448 g/mol. The van der Waals surface area contributed by atoms with Gasteiger partial charge in [-0.25, -0.2) is 4.98 Å². The molecule has 0 bridgehead atoms. The Morgan fingerprint density at radius 3 is 2.44 bits per heavy atom. The van der Waals surface area contributed by atoms with Crippen LogP contribution in [0, 0.1) is 11.3 Å². The van der Waals surface area contributed by atoms with Crippen LogP contribution in [0.2, 0.25) is 0 Å². The number of nitrogens with zero attached hydrogens (tertiary/aromatic N) is 4. The molecule has 0 saturated carbocycles. The van der Waals surface area contributed by atoms with Gasteiger partial charge in [-0.1, -0.05) is 54.9 Å². The van der Waals surface area contributed by atoms with Crippen LogP contribution in [0.4, 0.5) is 10.6 Å². The number of benzene rings is 2. The van der Waals surface area contributed by atoms with E-state index in [1.165, 1.54) is 0 Å². The summed E-state index contributed by atoms with van der Waals surface area (Å²) in [6.45, 7) is 2.14. The molecule has 4 rings (SSSR count). The normalized spacial score (nSPS) is 11.4. The number of rotatable bonds is 8. The number of carbonyl (C=O) groups excluding carboxylic acids is 1. The van der Waals surface area contributed by atoms with Crippen LogP contribution in [0.5, 0.6) is 0 Å². The minimum absolute atomic E-state index is 0.156. The fraction of sp³-hybridized carbons (Fsp3) is 0.154. The molecule has 2 N–H and O–H groups in total. The first-order valence-corrected chi connectivity index (χ1v) is 11.1. The van der Waals surface area contributed by atoms with Crippen LogP contribution in [0.1, 0.15) is 24.0 Å². The van der Waals surface area contributed by atoms with Gasteiger partial charge >= 0.3 is 6.85 Å². The maximum atomic E-state index is 13.2. The number of hydrogen-bond acceptors (Lipinski definition) is 5. The van der Waals surface area contributed by atoms with Gasteiger partial charge in [-0.15, -0.1) is 0 Å². The molecule has 7 nitrogen and oxygen atoms in total. The average Bonchev–Trinajstić information content (AvgIpc) is 3.31. The summed E-state index contributed by atoms with van der Waals surface area (Å²) in [5, 5.41) is 19.5. The molecular formula is C26H25BN6O. The molecule has 2 aromatic heterocycles. The summed E-state index contributed by atoms with van der Waals surface area (Å²) in [6.07, 6.45) is 5.42. The molecule has 4 aromatic rings. The first-order chi connectivity index (χ1) is 16.5. The fourth-order valence-electron chi connectivity index (χ4n) is 3.71. The number of carbonyl (C=O) groups is 1. The quantitative estimate of drug-likeness (QED) is 0.400. The highest BCUT2D eigenvalue weighted by Gasteiger charge is 2.27. The Kier molecular flexibility index (Phi) is 7.16. The minimum atomic E-state index is -0.540. The summed E-state index contributed by atoms with van der Waals surface area (Å²) in [4.78, 5) is 17.7. The maximum Gasteiger partial charge on any atom is 0.363 e. The minimum Gasteiger partial charge on any atom is -0.343 e. The first kappa shape index (κ1) is 23.0. The van der Waals surface area contributed by atoms with Gasteiger partial charge in [-0.3, -0.25) is 9.48 Å². The van der Waals surface area contributed by atoms with E-state index in [1.54, 1.807) is 23.1 Å². The third-order valence-electron chi connectivity index (χ3n) is 5.69. The van der Waals surface area contributed by atoms with E-state index in [1.807, 2.05) is 73.9 Å². The van der Waals surface area contributed by atoms with E-state index in [9.17, 15) is 4.79 Å². The molecule has 0 aliphatic carbocycles. The van der Waals surface area contributed by atoms with Crippen molar-refractivity contribution in [2.24, 2.45) is 7.05 Å². The predicted octanol–water partition coefficient (Wildman–Crippen LogP) is 3.76. The van der Waals surface area contributed by atoms with E-state index < -0.39 is 6.85 Å². The van der Waals surface area contributed by atoms with E-state index in [-0.39, 0.29) is 11.7 Å². The molecule has 2 heterocycles. The second-order valence-corrected chi connectivity index (χ2v) is 8.21. The molecule has 8 heteroatoms. The molecule has 0 spiro atoms. The summed E-state index contributed by atoms with van der Waals surface area (Å²) in [5.74, 6) is 0.462. The van der Waals surface area contributed by atoms with Gasteiger partial charge in [0.15, 0.2) is 0 Å². The van der Waals surface area contributed by atoms with Crippen LogP contribution in [-0.4, -0.2) is 34.0 Å². The van der Waals surface area contributed by atoms with Crippen LogP contribution in [0.25, 0.3) is 11.1 Å². The van der Waals surface area contributed by atoms with Crippen LogP contribution in [-0.2, 0) is 7.05 Å². The molecule has 0 aliphatic rings. The zero-order valence-electron chi connectivity index (χ0n) is 19.1. The van der Waals surface area contributed by atoms with Gasteiger partial charge in [0.25, 0.3) is 0 Å². The summed E-state index contributed by atoms with van der Waals surface area (Å²) in [7, 11) is 1.87. The molecule has 1 amide bonds. The monoisotopic (exact) mass is 448 g/mol. The third kappa shape index (κ3) is 5.58. The van der Waals surface area contributed by atoms with Crippen molar-refractivity contribution in [2.75, 3.05) is 11.9 Å². The van der Waals surface area contributed by atoms with E-state index in [0.29, 0.717) is 17.9 Å². The smallest absolute Gasteiger partial charge is 0.343 e. The summed E-state index contributed by atoms with van der Waals surface area (Å²) in [5.41, 5.74) is 4.51. The lowest BCUT2D eigenvalue weighted by atomic mass is 9.55. The van der Waals surface area contributed by atoms with Gasteiger partial charge in [0, 0.05) is 30.6 Å². The van der Waals surface area contributed by atoms with Crippen LogP contribution in [0.3, 0.4) is 0 Å². The topological polar surface area (TPSA) is 95.6 Å². The Hall–Kier alpha value is -4.22. The van der Waals surface area contributed by atoms with Crippen molar-refractivity contribution in [1.82, 2.24) is 20.0 Å². The van der Waals surface area contributed by atoms with Crippen molar-refractivity contribution in [3.05, 3.63) is 96.4 Å². The van der Waals surface area contributed by atoms with Crippen molar-refractivity contribution in [1.29, 1.82) is 5.26 Å². The first-order valence-electron chi connectivity index (χ1n) is 11.1. The summed E-state index contributed by atoms with van der Waals surface area (Å²) < 4.78 is 1.74. The van der Waals surface area contributed by atoms with Gasteiger partial charge in [-0.2, -0.15) is 10.4 Å². The summed E-state index contributed by atoms with van der Waals surface area (Å²) in [6, 6.07) is 23.0. The van der Waals surface area contributed by atoms with Crippen LogP contribution in [0.15, 0.2) is 85.3 Å². The highest BCUT2D eigenvalue weighted by atomic mass is 16.1. The lowest BCUT2D eigenvalue weighted by Gasteiger charge is -2.19. The SMILES string of the molecule is C[C@H](CNB(C(=O)Nc1ccc(-c2cnn(C)c2)cn1)c1ccccc1)c1ccc(C#N)cc1. The maximum absolute atomic E-state index is 13.2. The Labute approximate surface area is 199 Å². The largest absolute Gasteiger partial charge is 0.363 e. The van der Waals surface area contributed by atoms with Crippen molar-refractivity contribution >= 4 is 23.9 Å². The van der Waals surface area contributed by atoms with Crippen molar-refractivity contribution in [3.63, 3.8) is 0 Å². The number of nitriles is 1. The van der Waals surface area contributed by atoms with E-state index in [2.05, 4.69) is 33.6 Å². The molecule has 168 valence electrons. The van der Waals surface area contributed by atoms with Crippen molar-refractivity contribution in [2.45, 2.75) is 12.8 Å². The van der Waals surface area contributed by atoms with E-state index in [4.69, 9.17) is 5.26 Å². The molecule has 0 radical (unpaired) electrons. The van der Waals surface area contributed by atoms with Crippen molar-refractivity contribution in [3.8, 4) is 17.2 Å². The van der Waals surface area contributed by atoms with Gasteiger partial charge in [0.2, 0.25) is 5.81 Å². The molecule has 0 saturated heterocycles. The zero-order valence-corrected chi connectivity index (χ0v) is 19.1. The molecule has 34 heavy (non-hydrogen) atoms. The zero-order chi connectivity index (χ0) is 23.9. The molecular weight excluding hydrogens is 423 g/mol. The highest BCUT2D eigenvalue weighted by molar-refractivity contribution is 6.98. The number of aryl methyl sites for hydroxylation is 1. The van der Waals surface area contributed by atoms with Gasteiger partial charge < -0.3 is 10.5 Å². The van der Waals surface area contributed by atoms with Gasteiger partial charge in [0.1, 0.15) is 5.82 Å². The predicted molar refractivity (Wildman–Crippen MR) is 135 cm³/mol. The summed E-state index contributed by atoms with van der Waals surface area (Å²) >= 11 is 0. The fourth-order valence-corrected chi connectivity index (χ4v) is 3.71. The number of hydrogen-bond donors (Lipinski definition) is 2. The number of pyridine rings is 1. The van der Waals surface area contributed by atoms with Gasteiger partial charge in [0.05, 0.1) is 17.8 Å².